The van der Waals surface area contributed by atoms with Crippen LogP contribution in [-0.2, 0) is 4.74 Å². The summed E-state index contributed by atoms with van der Waals surface area (Å²) in [7, 11) is 1.19. The van der Waals surface area contributed by atoms with Gasteiger partial charge in [0.15, 0.2) is 0 Å². The lowest BCUT2D eigenvalue weighted by Crippen LogP contribution is -2.24. The van der Waals surface area contributed by atoms with Gasteiger partial charge < -0.3 is 4.74 Å². The number of methoxy groups -OCH3 is 1. The van der Waals surface area contributed by atoms with Crippen LogP contribution in [0.3, 0.4) is 0 Å². The summed E-state index contributed by atoms with van der Waals surface area (Å²) in [5.74, 6) is 0. The number of ether oxygens (including phenoxy) is 1. The molecule has 0 radical (unpaired) electrons. The summed E-state index contributed by atoms with van der Waals surface area (Å²) in [6.07, 6.45) is -0.729. The zero-order valence-corrected chi connectivity index (χ0v) is 5.33. The van der Waals surface area contributed by atoms with E-state index in [-0.39, 0.29) is 6.54 Å². The summed E-state index contributed by atoms with van der Waals surface area (Å²) >= 11 is 0. The lowest BCUT2D eigenvalue weighted by atomic mass is 10.7. The van der Waals surface area contributed by atoms with Crippen molar-refractivity contribution in [3.05, 3.63) is 4.91 Å². The number of nitroso groups, excluding NO2 is 1. The summed E-state index contributed by atoms with van der Waals surface area (Å²) in [6, 6.07) is 0. The van der Waals surface area contributed by atoms with Crippen LogP contribution in [0.2, 0.25) is 0 Å². The Bertz CT molecular complexity index is 114. The van der Waals surface area contributed by atoms with Crippen LogP contribution in [0.1, 0.15) is 6.92 Å². The van der Waals surface area contributed by atoms with Crippen LogP contribution < -0.4 is 0 Å². The second-order valence-corrected chi connectivity index (χ2v) is 1.27. The molecule has 0 N–H and O–H groups in total. The van der Waals surface area contributed by atoms with Gasteiger partial charge in [0.25, 0.3) is 0 Å². The molecule has 5 nitrogen and oxygen atoms in total. The van der Waals surface area contributed by atoms with Crippen LogP contribution in [0.25, 0.3) is 0 Å². The standard InChI is InChI=1S/C4H8N2O3/c1-3-6(5-8)4(7)9-2/h3H2,1-2H3. The molecule has 5 heteroatoms. The molecule has 0 aromatic carbocycles. The highest BCUT2D eigenvalue weighted by molar-refractivity contribution is 5.66. The average Bonchev–Trinajstić information content (AvgIpc) is 1.90. The van der Waals surface area contributed by atoms with E-state index in [0.717, 1.165) is 0 Å². The van der Waals surface area contributed by atoms with Crippen molar-refractivity contribution < 1.29 is 9.53 Å². The highest BCUT2D eigenvalue weighted by atomic mass is 16.6. The van der Waals surface area contributed by atoms with Gasteiger partial charge in [-0.3, -0.25) is 0 Å². The van der Waals surface area contributed by atoms with Crippen LogP contribution in [0.4, 0.5) is 4.79 Å². The quantitative estimate of drug-likeness (QED) is 0.411. The topological polar surface area (TPSA) is 59.0 Å². The van der Waals surface area contributed by atoms with Crippen molar-refractivity contribution in [2.75, 3.05) is 13.7 Å². The van der Waals surface area contributed by atoms with Gasteiger partial charge in [0.1, 0.15) is 0 Å². The molecule has 52 valence electrons. The number of amides is 1. The molecule has 0 saturated carbocycles. The van der Waals surface area contributed by atoms with Gasteiger partial charge in [-0.25, -0.2) is 4.79 Å². The van der Waals surface area contributed by atoms with E-state index < -0.39 is 6.09 Å². The van der Waals surface area contributed by atoms with Crippen molar-refractivity contribution in [3.63, 3.8) is 0 Å². The molecule has 0 rings (SSSR count). The Labute approximate surface area is 52.5 Å². The Morgan fingerprint density at radius 2 is 2.33 bits per heavy atom. The summed E-state index contributed by atoms with van der Waals surface area (Å²) in [5.41, 5.74) is 0. The van der Waals surface area contributed by atoms with Gasteiger partial charge in [-0.1, -0.05) is 0 Å². The number of carbonyl (C=O) groups excluding carboxylic acids is 1. The van der Waals surface area contributed by atoms with Crippen LogP contribution in [0.15, 0.2) is 5.29 Å². The highest BCUT2D eigenvalue weighted by Crippen LogP contribution is 1.90. The number of carbonyl (C=O) groups is 1. The first-order valence-corrected chi connectivity index (χ1v) is 2.45. The van der Waals surface area contributed by atoms with Gasteiger partial charge in [0.05, 0.1) is 12.4 Å². The zero-order chi connectivity index (χ0) is 7.28. The van der Waals surface area contributed by atoms with E-state index in [0.29, 0.717) is 5.01 Å². The lowest BCUT2D eigenvalue weighted by Gasteiger charge is -2.06. The molecule has 0 bridgehead atoms. The van der Waals surface area contributed by atoms with E-state index >= 15 is 0 Å². The minimum atomic E-state index is -0.729. The fourth-order valence-corrected chi connectivity index (χ4v) is 0.326. The Morgan fingerprint density at radius 1 is 1.78 bits per heavy atom. The van der Waals surface area contributed by atoms with E-state index in [9.17, 15) is 9.70 Å². The van der Waals surface area contributed by atoms with Gasteiger partial charge in [-0.05, 0) is 6.92 Å². The third-order valence-corrected chi connectivity index (χ3v) is 0.783. The maximum atomic E-state index is 10.4. The minimum Gasteiger partial charge on any atom is -0.451 e. The molecule has 0 heterocycles. The Balaban J connectivity index is 3.78. The second-order valence-electron chi connectivity index (χ2n) is 1.27. The lowest BCUT2D eigenvalue weighted by molar-refractivity contribution is 0.126. The Kier molecular flexibility index (Phi) is 3.34. The van der Waals surface area contributed by atoms with Crippen molar-refractivity contribution in [1.82, 2.24) is 5.01 Å². The highest BCUT2D eigenvalue weighted by Gasteiger charge is 2.09. The van der Waals surface area contributed by atoms with Gasteiger partial charge in [0, 0.05) is 6.54 Å². The average molecular weight is 132 g/mol. The fraction of sp³-hybridized carbons (Fsp3) is 0.750. The second kappa shape index (κ2) is 3.82. The molecular weight excluding hydrogens is 124 g/mol. The van der Waals surface area contributed by atoms with Gasteiger partial charge in [0.2, 0.25) is 0 Å². The zero-order valence-electron chi connectivity index (χ0n) is 5.33. The molecule has 0 aromatic heterocycles. The van der Waals surface area contributed by atoms with Gasteiger partial charge >= 0.3 is 6.09 Å². The molecule has 9 heavy (non-hydrogen) atoms. The van der Waals surface area contributed by atoms with Gasteiger partial charge in [-0.15, -0.1) is 4.91 Å². The van der Waals surface area contributed by atoms with E-state index in [1.54, 1.807) is 6.92 Å². The van der Waals surface area contributed by atoms with Crippen molar-refractivity contribution >= 4 is 6.09 Å². The normalized spacial score (nSPS) is 8.22. The van der Waals surface area contributed by atoms with E-state index in [2.05, 4.69) is 10.0 Å². The molecule has 0 spiro atoms. The summed E-state index contributed by atoms with van der Waals surface area (Å²) in [6.45, 7) is 1.86. The third kappa shape index (κ3) is 2.07. The van der Waals surface area contributed by atoms with Crippen LogP contribution in [0.5, 0.6) is 0 Å². The molecular formula is C4H8N2O3. The SMILES string of the molecule is CCN(N=O)C(=O)OC. The summed E-state index contributed by atoms with van der Waals surface area (Å²) in [4.78, 5) is 20.1. The smallest absolute Gasteiger partial charge is 0.432 e. The minimum absolute atomic E-state index is 0.232. The van der Waals surface area contributed by atoms with E-state index in [1.807, 2.05) is 0 Å². The van der Waals surface area contributed by atoms with Crippen LogP contribution >= 0.6 is 0 Å². The van der Waals surface area contributed by atoms with Gasteiger partial charge in [-0.2, -0.15) is 5.01 Å². The summed E-state index contributed by atoms with van der Waals surface area (Å²) in [5, 5.41) is 3.07. The largest absolute Gasteiger partial charge is 0.451 e. The predicted octanol–water partition coefficient (Wildman–Crippen LogP) is 0.756. The molecule has 0 aliphatic rings. The monoisotopic (exact) mass is 132 g/mol. The van der Waals surface area contributed by atoms with Crippen LogP contribution in [-0.4, -0.2) is 24.8 Å². The third-order valence-electron chi connectivity index (χ3n) is 0.783. The summed E-state index contributed by atoms with van der Waals surface area (Å²) < 4.78 is 4.19. The maximum Gasteiger partial charge on any atom is 0.432 e. The molecule has 0 aliphatic heterocycles. The number of hydrogen-bond donors (Lipinski definition) is 0. The maximum absolute atomic E-state index is 10.4. The number of hydrogen-bond acceptors (Lipinski definition) is 4. The van der Waals surface area contributed by atoms with Crippen molar-refractivity contribution in [2.45, 2.75) is 6.92 Å². The van der Waals surface area contributed by atoms with Crippen molar-refractivity contribution in [2.24, 2.45) is 5.29 Å². The fourth-order valence-electron chi connectivity index (χ4n) is 0.326. The molecule has 0 aliphatic carbocycles. The van der Waals surface area contributed by atoms with E-state index in [1.165, 1.54) is 7.11 Å². The van der Waals surface area contributed by atoms with E-state index in [4.69, 9.17) is 0 Å². The van der Waals surface area contributed by atoms with Crippen LogP contribution in [0, 0.1) is 4.91 Å². The van der Waals surface area contributed by atoms with Crippen molar-refractivity contribution in [1.29, 1.82) is 0 Å². The first-order chi connectivity index (χ1) is 4.26. The molecule has 0 fully saturated rings. The molecule has 1 amide bonds. The number of nitrogens with zero attached hydrogens (tertiary/aromatic N) is 2. The first kappa shape index (κ1) is 7.87. The molecule has 0 unspecified atom stereocenters. The molecule has 0 saturated heterocycles. The molecule has 0 atom stereocenters. The first-order valence-electron chi connectivity index (χ1n) is 2.45. The number of rotatable bonds is 2. The Hall–Kier alpha value is -1.13. The van der Waals surface area contributed by atoms with Crippen molar-refractivity contribution in [3.8, 4) is 0 Å². The molecule has 0 aromatic rings. The Morgan fingerprint density at radius 3 is 2.44 bits per heavy atom. The predicted molar refractivity (Wildman–Crippen MR) is 30.6 cm³/mol.